The molecule has 2 heterocycles. The molecule has 3 aromatic rings. The summed E-state index contributed by atoms with van der Waals surface area (Å²) in [6.07, 6.45) is 0.739. The van der Waals surface area contributed by atoms with Crippen molar-refractivity contribution in [2.45, 2.75) is 28.6 Å². The number of rotatable bonds is 6. The van der Waals surface area contributed by atoms with Gasteiger partial charge >= 0.3 is 0 Å². The number of amides is 1. The third-order valence-electron chi connectivity index (χ3n) is 4.67. The van der Waals surface area contributed by atoms with Crippen LogP contribution in [0.4, 0.5) is 5.69 Å². The van der Waals surface area contributed by atoms with Crippen LogP contribution in [0.2, 0.25) is 5.02 Å². The smallest absolute Gasteiger partial charge is 0.272 e. The third-order valence-corrected chi connectivity index (χ3v) is 7.08. The highest BCUT2D eigenvalue weighted by molar-refractivity contribution is 8.00. The monoisotopic (exact) mass is 473 g/mol. The quantitative estimate of drug-likeness (QED) is 0.414. The van der Waals surface area contributed by atoms with Crippen LogP contribution in [0.1, 0.15) is 12.6 Å². The first-order valence-corrected chi connectivity index (χ1v) is 11.8. The maximum absolute atomic E-state index is 13.3. The Balaban J connectivity index is 1.62. The maximum Gasteiger partial charge on any atom is 0.272 e. The minimum absolute atomic E-state index is 0.106. The molecular weight excluding hydrogens is 454 g/mol. The number of fused-ring (bicyclic) bond motifs is 1. The molecule has 4 rings (SSSR count). The summed E-state index contributed by atoms with van der Waals surface area (Å²) in [4.78, 5) is 31.2. The summed E-state index contributed by atoms with van der Waals surface area (Å²) in [7, 11) is 1.59. The van der Waals surface area contributed by atoms with Crippen LogP contribution in [0.3, 0.4) is 0 Å². The molecule has 1 atom stereocenters. The van der Waals surface area contributed by atoms with Gasteiger partial charge in [0.1, 0.15) is 5.75 Å². The number of ether oxygens (including phenoxy) is 1. The Morgan fingerprint density at radius 3 is 2.65 bits per heavy atom. The number of carbonyl (C=O) groups excluding carboxylic acids is 1. The van der Waals surface area contributed by atoms with Crippen molar-refractivity contribution in [1.82, 2.24) is 9.55 Å². The lowest BCUT2D eigenvalue weighted by Gasteiger charge is -2.14. The van der Waals surface area contributed by atoms with Gasteiger partial charge in [0.05, 0.1) is 29.1 Å². The van der Waals surface area contributed by atoms with Gasteiger partial charge in [-0.2, -0.15) is 0 Å². The zero-order valence-electron chi connectivity index (χ0n) is 16.9. The van der Waals surface area contributed by atoms with Gasteiger partial charge in [-0.15, -0.1) is 11.8 Å². The van der Waals surface area contributed by atoms with Gasteiger partial charge in [0.2, 0.25) is 5.91 Å². The molecule has 0 saturated carbocycles. The normalized spacial score (nSPS) is 14.9. The number of nitrogens with one attached hydrogen (secondary N) is 1. The van der Waals surface area contributed by atoms with E-state index in [1.165, 1.54) is 11.8 Å². The molecule has 2 aromatic carbocycles. The van der Waals surface area contributed by atoms with Gasteiger partial charge in [0.15, 0.2) is 5.16 Å². The van der Waals surface area contributed by atoms with E-state index in [4.69, 9.17) is 21.3 Å². The molecular formula is C22H20ClN3O3S2. The van der Waals surface area contributed by atoms with Crippen LogP contribution >= 0.6 is 35.1 Å². The number of nitrogens with zero attached hydrogens (tertiary/aromatic N) is 2. The fraction of sp³-hybridized carbons (Fsp3) is 0.227. The number of hydrogen-bond acceptors (Lipinski definition) is 6. The second-order valence-electron chi connectivity index (χ2n) is 6.99. The van der Waals surface area contributed by atoms with Gasteiger partial charge in [-0.05, 0) is 48.5 Å². The van der Waals surface area contributed by atoms with Gasteiger partial charge in [-0.3, -0.25) is 14.2 Å². The van der Waals surface area contributed by atoms with Gasteiger partial charge in [0, 0.05) is 22.4 Å². The molecule has 160 valence electrons. The standard InChI is InChI=1S/C22H20ClN3O3S2/c1-13-11-18-20(31-13)21(28)26(16-7-9-17(29-2)10-8-16)22(25-18)30-12-19(27)24-15-5-3-14(23)4-6-15/h3-10,13H,11-12H2,1-2H3,(H,24,27). The first-order valence-electron chi connectivity index (χ1n) is 9.60. The number of thioether (sulfide) groups is 2. The molecule has 1 aliphatic rings. The van der Waals surface area contributed by atoms with Crippen LogP contribution in [0.15, 0.2) is 63.4 Å². The maximum atomic E-state index is 13.3. The number of carbonyl (C=O) groups is 1. The Morgan fingerprint density at radius 2 is 1.97 bits per heavy atom. The Kier molecular flexibility index (Phi) is 6.60. The number of aromatic nitrogens is 2. The molecule has 1 N–H and O–H groups in total. The molecule has 9 heteroatoms. The Labute approximate surface area is 193 Å². The lowest BCUT2D eigenvalue weighted by atomic mass is 10.2. The first kappa shape index (κ1) is 21.8. The highest BCUT2D eigenvalue weighted by atomic mass is 35.5. The second kappa shape index (κ2) is 9.38. The van der Waals surface area contributed by atoms with E-state index < -0.39 is 0 Å². The molecule has 0 spiro atoms. The Morgan fingerprint density at radius 1 is 1.26 bits per heavy atom. The zero-order chi connectivity index (χ0) is 22.0. The molecule has 1 aromatic heterocycles. The van der Waals surface area contributed by atoms with Crippen molar-refractivity contribution < 1.29 is 9.53 Å². The van der Waals surface area contributed by atoms with E-state index in [0.717, 1.165) is 12.1 Å². The van der Waals surface area contributed by atoms with Crippen LogP contribution in [0, 0.1) is 0 Å². The fourth-order valence-corrected chi connectivity index (χ4v) is 5.27. The molecule has 0 radical (unpaired) electrons. The van der Waals surface area contributed by atoms with E-state index in [1.807, 2.05) is 12.1 Å². The SMILES string of the molecule is COc1ccc(-n2c(SCC(=O)Nc3ccc(Cl)cc3)nc3c(c2=O)SC(C)C3)cc1. The average molecular weight is 474 g/mol. The van der Waals surface area contributed by atoms with E-state index in [-0.39, 0.29) is 17.2 Å². The number of hydrogen-bond donors (Lipinski definition) is 1. The van der Waals surface area contributed by atoms with Crippen molar-refractivity contribution in [3.05, 3.63) is 69.6 Å². The lowest BCUT2D eigenvalue weighted by molar-refractivity contribution is -0.113. The van der Waals surface area contributed by atoms with Crippen molar-refractivity contribution in [2.24, 2.45) is 0 Å². The highest BCUT2D eigenvalue weighted by Crippen LogP contribution is 2.35. The molecule has 1 amide bonds. The minimum Gasteiger partial charge on any atom is -0.497 e. The summed E-state index contributed by atoms with van der Waals surface area (Å²) in [6.45, 7) is 2.08. The number of halogens is 1. The van der Waals surface area contributed by atoms with Crippen LogP contribution < -0.4 is 15.6 Å². The van der Waals surface area contributed by atoms with E-state index in [2.05, 4.69) is 12.2 Å². The van der Waals surface area contributed by atoms with Crippen LogP contribution in [-0.2, 0) is 11.2 Å². The molecule has 0 fully saturated rings. The Hall–Kier alpha value is -2.42. The van der Waals surface area contributed by atoms with Crippen molar-refractivity contribution in [3.8, 4) is 11.4 Å². The van der Waals surface area contributed by atoms with Crippen molar-refractivity contribution in [2.75, 3.05) is 18.2 Å². The minimum atomic E-state index is -0.189. The Bertz CT molecular complexity index is 1160. The zero-order valence-corrected chi connectivity index (χ0v) is 19.3. The molecule has 0 saturated heterocycles. The van der Waals surface area contributed by atoms with Crippen LogP contribution in [0.25, 0.3) is 5.69 Å². The van der Waals surface area contributed by atoms with Crippen LogP contribution in [0.5, 0.6) is 5.75 Å². The molecule has 1 aliphatic heterocycles. The van der Waals surface area contributed by atoms with E-state index in [0.29, 0.717) is 37.4 Å². The topological polar surface area (TPSA) is 73.2 Å². The van der Waals surface area contributed by atoms with E-state index >= 15 is 0 Å². The van der Waals surface area contributed by atoms with Gasteiger partial charge in [0.25, 0.3) is 5.56 Å². The van der Waals surface area contributed by atoms with Crippen molar-refractivity contribution in [3.63, 3.8) is 0 Å². The number of benzene rings is 2. The number of methoxy groups -OCH3 is 1. The van der Waals surface area contributed by atoms with Crippen LogP contribution in [-0.4, -0.2) is 33.6 Å². The lowest BCUT2D eigenvalue weighted by Crippen LogP contribution is -2.24. The summed E-state index contributed by atoms with van der Waals surface area (Å²) >= 11 is 8.68. The third kappa shape index (κ3) is 4.92. The summed E-state index contributed by atoms with van der Waals surface area (Å²) < 4.78 is 6.80. The van der Waals surface area contributed by atoms with Gasteiger partial charge in [-0.1, -0.05) is 30.3 Å². The number of anilines is 1. The average Bonchev–Trinajstić information content (AvgIpc) is 3.15. The van der Waals surface area contributed by atoms with Gasteiger partial charge < -0.3 is 10.1 Å². The van der Waals surface area contributed by atoms with Gasteiger partial charge in [-0.25, -0.2) is 4.98 Å². The summed E-state index contributed by atoms with van der Waals surface area (Å²) in [5, 5.41) is 4.23. The molecule has 6 nitrogen and oxygen atoms in total. The van der Waals surface area contributed by atoms with E-state index in [1.54, 1.807) is 59.8 Å². The van der Waals surface area contributed by atoms with Crippen molar-refractivity contribution >= 4 is 46.7 Å². The first-order chi connectivity index (χ1) is 14.9. The predicted octanol–water partition coefficient (Wildman–Crippen LogP) is 4.66. The van der Waals surface area contributed by atoms with E-state index in [9.17, 15) is 9.59 Å². The summed E-state index contributed by atoms with van der Waals surface area (Å²) in [5.74, 6) is 0.628. The highest BCUT2D eigenvalue weighted by Gasteiger charge is 2.27. The van der Waals surface area contributed by atoms with Crippen molar-refractivity contribution in [1.29, 1.82) is 0 Å². The predicted molar refractivity (Wildman–Crippen MR) is 126 cm³/mol. The second-order valence-corrected chi connectivity index (χ2v) is 9.81. The summed E-state index contributed by atoms with van der Waals surface area (Å²) in [5.41, 5.74) is 2.04. The largest absolute Gasteiger partial charge is 0.497 e. The molecule has 0 aliphatic carbocycles. The molecule has 1 unspecified atom stereocenters. The molecule has 31 heavy (non-hydrogen) atoms. The fourth-order valence-electron chi connectivity index (χ4n) is 3.22. The molecule has 0 bridgehead atoms. The summed E-state index contributed by atoms with van der Waals surface area (Å²) in [6, 6.07) is 14.1.